The molecule has 0 saturated carbocycles. The SMILES string of the molecule is COc1ccccc1C(C)NC(=O)COc1ccc(-c2ccccc2)cc1. The maximum Gasteiger partial charge on any atom is 0.258 e. The van der Waals surface area contributed by atoms with Crippen LogP contribution in [0.3, 0.4) is 0 Å². The van der Waals surface area contributed by atoms with Crippen molar-refractivity contribution < 1.29 is 14.3 Å². The molecule has 4 nitrogen and oxygen atoms in total. The van der Waals surface area contributed by atoms with Gasteiger partial charge in [0.1, 0.15) is 11.5 Å². The van der Waals surface area contributed by atoms with Crippen molar-refractivity contribution in [2.75, 3.05) is 13.7 Å². The summed E-state index contributed by atoms with van der Waals surface area (Å²) in [4.78, 5) is 12.2. The van der Waals surface area contributed by atoms with Gasteiger partial charge in [-0.2, -0.15) is 0 Å². The van der Waals surface area contributed by atoms with E-state index in [-0.39, 0.29) is 18.6 Å². The molecule has 1 amide bonds. The largest absolute Gasteiger partial charge is 0.496 e. The van der Waals surface area contributed by atoms with E-state index in [0.29, 0.717) is 5.75 Å². The quantitative estimate of drug-likeness (QED) is 0.668. The van der Waals surface area contributed by atoms with E-state index in [1.165, 1.54) is 0 Å². The molecule has 0 heterocycles. The van der Waals surface area contributed by atoms with Crippen molar-refractivity contribution in [3.8, 4) is 22.6 Å². The molecule has 0 bridgehead atoms. The van der Waals surface area contributed by atoms with E-state index in [0.717, 1.165) is 22.4 Å². The Labute approximate surface area is 159 Å². The predicted molar refractivity (Wildman–Crippen MR) is 107 cm³/mol. The molecule has 0 aliphatic carbocycles. The maximum absolute atomic E-state index is 12.2. The number of amides is 1. The molecule has 0 saturated heterocycles. The molecule has 0 aliphatic rings. The molecule has 3 aromatic carbocycles. The Balaban J connectivity index is 1.54. The van der Waals surface area contributed by atoms with E-state index in [1.54, 1.807) is 7.11 Å². The topological polar surface area (TPSA) is 47.6 Å². The molecule has 4 heteroatoms. The Morgan fingerprint density at radius 1 is 0.889 bits per heavy atom. The van der Waals surface area contributed by atoms with Gasteiger partial charge in [0.2, 0.25) is 0 Å². The lowest BCUT2D eigenvalue weighted by Gasteiger charge is -2.17. The van der Waals surface area contributed by atoms with Gasteiger partial charge in [0.05, 0.1) is 13.2 Å². The van der Waals surface area contributed by atoms with Crippen LogP contribution in [0.25, 0.3) is 11.1 Å². The Morgan fingerprint density at radius 3 is 2.22 bits per heavy atom. The van der Waals surface area contributed by atoms with Gasteiger partial charge >= 0.3 is 0 Å². The molecule has 0 aromatic heterocycles. The van der Waals surface area contributed by atoms with Gasteiger partial charge < -0.3 is 14.8 Å². The Morgan fingerprint density at radius 2 is 1.52 bits per heavy atom. The van der Waals surface area contributed by atoms with Gasteiger partial charge in [0.15, 0.2) is 6.61 Å². The molecule has 0 fully saturated rings. The molecule has 3 aromatic rings. The lowest BCUT2D eigenvalue weighted by Crippen LogP contribution is -2.31. The third-order valence-corrected chi connectivity index (χ3v) is 4.31. The number of hydrogen-bond acceptors (Lipinski definition) is 3. The second-order valence-corrected chi connectivity index (χ2v) is 6.21. The summed E-state index contributed by atoms with van der Waals surface area (Å²) in [5.74, 6) is 1.23. The second-order valence-electron chi connectivity index (χ2n) is 6.21. The highest BCUT2D eigenvalue weighted by molar-refractivity contribution is 5.78. The van der Waals surface area contributed by atoms with E-state index in [9.17, 15) is 4.79 Å². The van der Waals surface area contributed by atoms with Crippen LogP contribution in [0, 0.1) is 0 Å². The summed E-state index contributed by atoms with van der Waals surface area (Å²) in [5, 5.41) is 2.93. The van der Waals surface area contributed by atoms with Crippen molar-refractivity contribution in [1.29, 1.82) is 0 Å². The van der Waals surface area contributed by atoms with Crippen molar-refractivity contribution in [3.63, 3.8) is 0 Å². The molecule has 1 N–H and O–H groups in total. The lowest BCUT2D eigenvalue weighted by molar-refractivity contribution is -0.123. The summed E-state index contributed by atoms with van der Waals surface area (Å²) < 4.78 is 11.0. The normalized spacial score (nSPS) is 11.5. The number of carbonyl (C=O) groups is 1. The third kappa shape index (κ3) is 4.88. The van der Waals surface area contributed by atoms with Crippen molar-refractivity contribution in [2.45, 2.75) is 13.0 Å². The van der Waals surface area contributed by atoms with Crippen LogP contribution in [-0.4, -0.2) is 19.6 Å². The predicted octanol–water partition coefficient (Wildman–Crippen LogP) is 4.62. The first-order chi connectivity index (χ1) is 13.2. The van der Waals surface area contributed by atoms with Crippen LogP contribution in [-0.2, 0) is 4.79 Å². The van der Waals surface area contributed by atoms with Gasteiger partial charge in [-0.15, -0.1) is 0 Å². The highest BCUT2D eigenvalue weighted by Gasteiger charge is 2.14. The number of methoxy groups -OCH3 is 1. The molecule has 0 spiro atoms. The minimum absolute atomic E-state index is 0.0375. The molecule has 27 heavy (non-hydrogen) atoms. The summed E-state index contributed by atoms with van der Waals surface area (Å²) in [6.45, 7) is 1.88. The number of carbonyl (C=O) groups excluding carboxylic acids is 1. The maximum atomic E-state index is 12.2. The Hall–Kier alpha value is -3.27. The fourth-order valence-electron chi connectivity index (χ4n) is 2.91. The first kappa shape index (κ1) is 18.5. The molecule has 3 rings (SSSR count). The van der Waals surface area contributed by atoms with Crippen LogP contribution in [0.1, 0.15) is 18.5 Å². The summed E-state index contributed by atoms with van der Waals surface area (Å²) in [7, 11) is 1.62. The smallest absolute Gasteiger partial charge is 0.258 e. The lowest BCUT2D eigenvalue weighted by atomic mass is 10.1. The fraction of sp³-hybridized carbons (Fsp3) is 0.174. The summed E-state index contributed by atoms with van der Waals surface area (Å²) in [5.41, 5.74) is 3.19. The standard InChI is InChI=1S/C23H23NO3/c1-17(21-10-6-7-11-22(21)26-2)24-23(25)16-27-20-14-12-19(13-15-20)18-8-4-3-5-9-18/h3-15,17H,16H2,1-2H3,(H,24,25). The molecule has 1 atom stereocenters. The Kier molecular flexibility index (Phi) is 6.10. The van der Waals surface area contributed by atoms with Crippen LogP contribution in [0.2, 0.25) is 0 Å². The highest BCUT2D eigenvalue weighted by Crippen LogP contribution is 2.24. The number of benzene rings is 3. The van der Waals surface area contributed by atoms with Gasteiger partial charge in [0, 0.05) is 5.56 Å². The van der Waals surface area contributed by atoms with Gasteiger partial charge in [-0.05, 0) is 36.2 Å². The van der Waals surface area contributed by atoms with E-state index >= 15 is 0 Å². The van der Waals surface area contributed by atoms with Crippen molar-refractivity contribution in [2.24, 2.45) is 0 Å². The number of hydrogen-bond donors (Lipinski definition) is 1. The van der Waals surface area contributed by atoms with Crippen LogP contribution >= 0.6 is 0 Å². The first-order valence-corrected chi connectivity index (χ1v) is 8.88. The average Bonchev–Trinajstić information content (AvgIpc) is 2.73. The van der Waals surface area contributed by atoms with Crippen molar-refractivity contribution in [3.05, 3.63) is 84.4 Å². The number of ether oxygens (including phenoxy) is 2. The summed E-state index contributed by atoms with van der Waals surface area (Å²) in [6.07, 6.45) is 0. The Bertz CT molecular complexity index is 876. The van der Waals surface area contributed by atoms with Gasteiger partial charge in [0.25, 0.3) is 5.91 Å². The third-order valence-electron chi connectivity index (χ3n) is 4.31. The van der Waals surface area contributed by atoms with Gasteiger partial charge in [-0.1, -0.05) is 60.7 Å². The van der Waals surface area contributed by atoms with Crippen molar-refractivity contribution >= 4 is 5.91 Å². The van der Waals surface area contributed by atoms with E-state index in [4.69, 9.17) is 9.47 Å². The fourth-order valence-corrected chi connectivity index (χ4v) is 2.91. The molecule has 138 valence electrons. The zero-order chi connectivity index (χ0) is 19.1. The summed E-state index contributed by atoms with van der Waals surface area (Å²) >= 11 is 0. The molecular formula is C23H23NO3. The summed E-state index contributed by atoms with van der Waals surface area (Å²) in [6, 6.07) is 25.3. The number of nitrogens with one attached hydrogen (secondary N) is 1. The molecule has 0 aliphatic heterocycles. The van der Waals surface area contributed by atoms with Gasteiger partial charge in [-0.25, -0.2) is 0 Å². The van der Waals surface area contributed by atoms with E-state index < -0.39 is 0 Å². The highest BCUT2D eigenvalue weighted by atomic mass is 16.5. The second kappa shape index (κ2) is 8.90. The minimum Gasteiger partial charge on any atom is -0.496 e. The van der Waals surface area contributed by atoms with Crippen LogP contribution in [0.4, 0.5) is 0 Å². The van der Waals surface area contributed by atoms with Gasteiger partial charge in [-0.3, -0.25) is 4.79 Å². The van der Waals surface area contributed by atoms with Crippen LogP contribution in [0.5, 0.6) is 11.5 Å². The van der Waals surface area contributed by atoms with E-state index in [2.05, 4.69) is 17.4 Å². The molecular weight excluding hydrogens is 338 g/mol. The van der Waals surface area contributed by atoms with Crippen LogP contribution < -0.4 is 14.8 Å². The minimum atomic E-state index is -0.180. The monoisotopic (exact) mass is 361 g/mol. The first-order valence-electron chi connectivity index (χ1n) is 8.88. The zero-order valence-corrected chi connectivity index (χ0v) is 15.5. The van der Waals surface area contributed by atoms with Crippen LogP contribution in [0.15, 0.2) is 78.9 Å². The molecule has 0 radical (unpaired) electrons. The van der Waals surface area contributed by atoms with Crippen molar-refractivity contribution in [1.82, 2.24) is 5.32 Å². The number of para-hydroxylation sites is 1. The average molecular weight is 361 g/mol. The zero-order valence-electron chi connectivity index (χ0n) is 15.5. The molecule has 1 unspecified atom stereocenters. The number of rotatable bonds is 7. The van der Waals surface area contributed by atoms with E-state index in [1.807, 2.05) is 73.7 Å².